The molecule has 0 aliphatic heterocycles. The first-order valence-corrected chi connectivity index (χ1v) is 5.21. The first kappa shape index (κ1) is 12.5. The van der Waals surface area contributed by atoms with Crippen LogP contribution in [0.3, 0.4) is 0 Å². The second-order valence-electron chi connectivity index (χ2n) is 3.61. The monoisotopic (exact) mass is 256 g/mol. The lowest BCUT2D eigenvalue weighted by Crippen LogP contribution is -1.91. The molecule has 0 spiro atoms. The smallest absolute Gasteiger partial charge is 0.167 e. The van der Waals surface area contributed by atoms with Crippen molar-refractivity contribution in [2.45, 2.75) is 0 Å². The molecule has 0 aliphatic carbocycles. The molecular formula is C14H6F2N2O. The Kier molecular flexibility index (Phi) is 3.40. The number of nitriles is 2. The molecule has 0 unspecified atom stereocenters. The van der Waals surface area contributed by atoms with Crippen LogP contribution in [0.1, 0.15) is 11.1 Å². The molecule has 0 radical (unpaired) electrons. The molecule has 0 bridgehead atoms. The molecular weight excluding hydrogens is 250 g/mol. The maximum Gasteiger partial charge on any atom is 0.167 e. The van der Waals surface area contributed by atoms with Crippen LogP contribution in [0.5, 0.6) is 11.5 Å². The van der Waals surface area contributed by atoms with Crippen LogP contribution >= 0.6 is 0 Å². The van der Waals surface area contributed by atoms with Crippen molar-refractivity contribution in [3.05, 3.63) is 59.2 Å². The highest BCUT2D eigenvalue weighted by Gasteiger charge is 2.08. The topological polar surface area (TPSA) is 56.8 Å². The zero-order chi connectivity index (χ0) is 13.8. The Morgan fingerprint density at radius 2 is 1.68 bits per heavy atom. The Hall–Kier alpha value is -2.92. The highest BCUT2D eigenvalue weighted by molar-refractivity contribution is 5.41. The Balaban J connectivity index is 2.30. The van der Waals surface area contributed by atoms with Gasteiger partial charge in [-0.1, -0.05) is 0 Å². The molecule has 0 aliphatic rings. The van der Waals surface area contributed by atoms with Gasteiger partial charge in [0.2, 0.25) is 0 Å². The lowest BCUT2D eigenvalue weighted by atomic mass is 10.2. The van der Waals surface area contributed by atoms with Crippen LogP contribution < -0.4 is 4.74 Å². The lowest BCUT2D eigenvalue weighted by molar-refractivity contribution is 0.438. The number of hydrogen-bond acceptors (Lipinski definition) is 3. The summed E-state index contributed by atoms with van der Waals surface area (Å²) in [6.07, 6.45) is 0. The Bertz CT molecular complexity index is 714. The van der Waals surface area contributed by atoms with Gasteiger partial charge in [0, 0.05) is 6.07 Å². The molecule has 0 heterocycles. The van der Waals surface area contributed by atoms with Crippen molar-refractivity contribution in [2.75, 3.05) is 0 Å². The quantitative estimate of drug-likeness (QED) is 0.826. The number of benzene rings is 2. The molecule has 0 amide bonds. The van der Waals surface area contributed by atoms with E-state index >= 15 is 0 Å². The molecule has 2 aromatic carbocycles. The van der Waals surface area contributed by atoms with Gasteiger partial charge in [0.05, 0.1) is 17.2 Å². The second kappa shape index (κ2) is 5.16. The van der Waals surface area contributed by atoms with Crippen LogP contribution in [-0.4, -0.2) is 0 Å². The molecule has 2 aromatic rings. The van der Waals surface area contributed by atoms with Gasteiger partial charge in [0.1, 0.15) is 17.6 Å². The van der Waals surface area contributed by atoms with E-state index in [0.29, 0.717) is 0 Å². The fraction of sp³-hybridized carbons (Fsp3) is 0. The number of ether oxygens (including phenoxy) is 1. The van der Waals surface area contributed by atoms with Crippen LogP contribution in [0, 0.1) is 34.3 Å². The zero-order valence-electron chi connectivity index (χ0n) is 9.52. The third kappa shape index (κ3) is 2.67. The minimum atomic E-state index is -0.742. The van der Waals surface area contributed by atoms with Gasteiger partial charge in [-0.2, -0.15) is 10.5 Å². The molecule has 0 fully saturated rings. The van der Waals surface area contributed by atoms with Crippen molar-refractivity contribution in [2.24, 2.45) is 0 Å². The summed E-state index contributed by atoms with van der Waals surface area (Å²) < 4.78 is 32.0. The van der Waals surface area contributed by atoms with E-state index in [9.17, 15) is 8.78 Å². The second-order valence-corrected chi connectivity index (χ2v) is 3.61. The standard InChI is InChI=1S/C14H6F2N2O/c15-12-6-11(3-2-10(12)8-18)19-14-4-1-9(7-17)5-13(14)16/h1-6H. The van der Waals surface area contributed by atoms with E-state index in [0.717, 1.165) is 12.1 Å². The maximum atomic E-state index is 13.5. The highest BCUT2D eigenvalue weighted by atomic mass is 19.1. The van der Waals surface area contributed by atoms with Gasteiger partial charge in [-0.25, -0.2) is 8.78 Å². The Morgan fingerprint density at radius 3 is 2.26 bits per heavy atom. The third-order valence-electron chi connectivity index (χ3n) is 2.35. The van der Waals surface area contributed by atoms with Gasteiger partial charge in [0.15, 0.2) is 11.6 Å². The van der Waals surface area contributed by atoms with Crippen LogP contribution in [0.2, 0.25) is 0 Å². The van der Waals surface area contributed by atoms with Crippen molar-refractivity contribution in [3.8, 4) is 23.6 Å². The molecule has 2 rings (SSSR count). The van der Waals surface area contributed by atoms with E-state index in [1.165, 1.54) is 24.3 Å². The van der Waals surface area contributed by atoms with E-state index in [-0.39, 0.29) is 22.6 Å². The molecule has 19 heavy (non-hydrogen) atoms. The average molecular weight is 256 g/mol. The van der Waals surface area contributed by atoms with Crippen LogP contribution in [0.4, 0.5) is 8.78 Å². The fourth-order valence-electron chi connectivity index (χ4n) is 1.43. The number of hydrogen-bond donors (Lipinski definition) is 0. The number of halogens is 2. The van der Waals surface area contributed by atoms with Crippen molar-refractivity contribution in [3.63, 3.8) is 0 Å². The SMILES string of the molecule is N#Cc1ccc(Oc2ccc(C#N)c(F)c2)c(F)c1. The van der Waals surface area contributed by atoms with E-state index in [2.05, 4.69) is 0 Å². The normalized spacial score (nSPS) is 9.47. The molecule has 0 saturated heterocycles. The van der Waals surface area contributed by atoms with Gasteiger partial charge >= 0.3 is 0 Å². The maximum absolute atomic E-state index is 13.5. The molecule has 92 valence electrons. The summed E-state index contributed by atoms with van der Waals surface area (Å²) in [7, 11) is 0. The summed E-state index contributed by atoms with van der Waals surface area (Å²) in [4.78, 5) is 0. The van der Waals surface area contributed by atoms with Gasteiger partial charge in [-0.05, 0) is 30.3 Å². The van der Waals surface area contributed by atoms with Crippen LogP contribution in [0.25, 0.3) is 0 Å². The predicted molar refractivity (Wildman–Crippen MR) is 62.3 cm³/mol. The van der Waals surface area contributed by atoms with Crippen molar-refractivity contribution in [1.82, 2.24) is 0 Å². The average Bonchev–Trinajstić information content (AvgIpc) is 2.41. The lowest BCUT2D eigenvalue weighted by Gasteiger charge is -2.07. The number of rotatable bonds is 2. The molecule has 5 heteroatoms. The molecule has 0 saturated carbocycles. The summed E-state index contributed by atoms with van der Waals surface area (Å²) in [6, 6.07) is 10.8. The Labute approximate surface area is 107 Å². The van der Waals surface area contributed by atoms with Gasteiger partial charge in [-0.3, -0.25) is 0 Å². The van der Waals surface area contributed by atoms with Crippen molar-refractivity contribution < 1.29 is 13.5 Å². The summed E-state index contributed by atoms with van der Waals surface area (Å²) in [5.41, 5.74) is 0.0449. The third-order valence-corrected chi connectivity index (χ3v) is 2.35. The highest BCUT2D eigenvalue weighted by Crippen LogP contribution is 2.26. The first-order chi connectivity index (χ1) is 9.13. The molecule has 0 aromatic heterocycles. The summed E-state index contributed by atoms with van der Waals surface area (Å²) in [5.74, 6) is -1.51. The minimum absolute atomic E-state index is 0.0695. The predicted octanol–water partition coefficient (Wildman–Crippen LogP) is 3.50. The van der Waals surface area contributed by atoms with Gasteiger partial charge in [-0.15, -0.1) is 0 Å². The van der Waals surface area contributed by atoms with E-state index < -0.39 is 11.6 Å². The zero-order valence-corrected chi connectivity index (χ0v) is 9.52. The summed E-state index contributed by atoms with van der Waals surface area (Å²) in [6.45, 7) is 0. The van der Waals surface area contributed by atoms with Crippen molar-refractivity contribution in [1.29, 1.82) is 10.5 Å². The van der Waals surface area contributed by atoms with E-state index in [1.54, 1.807) is 12.1 Å². The minimum Gasteiger partial charge on any atom is -0.454 e. The Morgan fingerprint density at radius 1 is 0.895 bits per heavy atom. The summed E-state index contributed by atoms with van der Waals surface area (Å²) in [5, 5.41) is 17.2. The van der Waals surface area contributed by atoms with E-state index in [1.807, 2.05) is 0 Å². The van der Waals surface area contributed by atoms with Crippen LogP contribution in [-0.2, 0) is 0 Å². The molecule has 3 nitrogen and oxygen atoms in total. The van der Waals surface area contributed by atoms with E-state index in [4.69, 9.17) is 15.3 Å². The van der Waals surface area contributed by atoms with Crippen molar-refractivity contribution >= 4 is 0 Å². The molecule has 0 atom stereocenters. The fourth-order valence-corrected chi connectivity index (χ4v) is 1.43. The number of nitrogens with zero attached hydrogens (tertiary/aromatic N) is 2. The van der Waals surface area contributed by atoms with Gasteiger partial charge < -0.3 is 4.74 Å². The summed E-state index contributed by atoms with van der Waals surface area (Å²) >= 11 is 0. The van der Waals surface area contributed by atoms with Gasteiger partial charge in [0.25, 0.3) is 0 Å². The molecule has 0 N–H and O–H groups in total. The van der Waals surface area contributed by atoms with Crippen LogP contribution in [0.15, 0.2) is 36.4 Å². The largest absolute Gasteiger partial charge is 0.454 e. The first-order valence-electron chi connectivity index (χ1n) is 5.21.